The fourth-order valence-electron chi connectivity index (χ4n) is 2.70. The molecule has 0 unspecified atom stereocenters. The number of rotatable bonds is 3. The van der Waals surface area contributed by atoms with Crippen molar-refractivity contribution in [1.82, 2.24) is 29.1 Å². The van der Waals surface area contributed by atoms with Gasteiger partial charge in [-0.05, 0) is 23.8 Å². The van der Waals surface area contributed by atoms with Gasteiger partial charge in [-0.3, -0.25) is 0 Å². The molecule has 0 aliphatic carbocycles. The maximum Gasteiger partial charge on any atom is 0.434 e. The summed E-state index contributed by atoms with van der Waals surface area (Å²) in [5.74, 6) is 0.301. The van der Waals surface area contributed by atoms with Crippen molar-refractivity contribution in [2.75, 3.05) is 0 Å². The van der Waals surface area contributed by atoms with Crippen LogP contribution in [0.3, 0.4) is 0 Å². The predicted octanol–water partition coefficient (Wildman–Crippen LogP) is 3.04. The molecule has 0 N–H and O–H groups in total. The lowest BCUT2D eigenvalue weighted by atomic mass is 10.2. The molecule has 0 atom stereocenters. The van der Waals surface area contributed by atoms with Gasteiger partial charge in [0.1, 0.15) is 5.15 Å². The molecule has 0 fully saturated rings. The van der Waals surface area contributed by atoms with E-state index in [4.69, 9.17) is 11.6 Å². The topological polar surface area (TPSA) is 78.5 Å². The third kappa shape index (κ3) is 3.33. The summed E-state index contributed by atoms with van der Waals surface area (Å²) >= 11 is 5.78. The molecular formula is C17H10ClF3N6O. The summed E-state index contributed by atoms with van der Waals surface area (Å²) in [7, 11) is 0. The van der Waals surface area contributed by atoms with E-state index < -0.39 is 17.6 Å². The Morgan fingerprint density at radius 1 is 1.04 bits per heavy atom. The standard InChI is InChI=1S/C17H10ClF3N6O/c18-13-4-3-10(6-23-13)9-26-5-1-2-11-15(26)25-16(28)27(11)14-8-22-12(7-24-14)17(19,20)21/h1-8H,9H2. The SMILES string of the molecule is O=c1nc2n(Cc3ccc(Cl)nc3)cccc-2n1-c1cnc(C(F)(F)F)cn1. The molecule has 0 bridgehead atoms. The van der Waals surface area contributed by atoms with Crippen LogP contribution in [0.5, 0.6) is 0 Å². The van der Waals surface area contributed by atoms with E-state index in [0.717, 1.165) is 16.3 Å². The van der Waals surface area contributed by atoms with Gasteiger partial charge in [0.2, 0.25) is 0 Å². The van der Waals surface area contributed by atoms with E-state index in [2.05, 4.69) is 19.9 Å². The van der Waals surface area contributed by atoms with Crippen LogP contribution in [0.25, 0.3) is 17.3 Å². The number of fused-ring (bicyclic) bond motifs is 1. The van der Waals surface area contributed by atoms with Gasteiger partial charge in [0.15, 0.2) is 17.3 Å². The number of imidazole rings is 1. The van der Waals surface area contributed by atoms with Crippen molar-refractivity contribution in [3.63, 3.8) is 0 Å². The van der Waals surface area contributed by atoms with Crippen LogP contribution in [-0.4, -0.2) is 29.1 Å². The van der Waals surface area contributed by atoms with Crippen molar-refractivity contribution in [2.45, 2.75) is 12.7 Å². The summed E-state index contributed by atoms with van der Waals surface area (Å²) in [6.45, 7) is 0.372. The van der Waals surface area contributed by atoms with Gasteiger partial charge in [-0.1, -0.05) is 17.7 Å². The Kier molecular flexibility index (Phi) is 4.34. The van der Waals surface area contributed by atoms with Crippen molar-refractivity contribution >= 4 is 11.6 Å². The average Bonchev–Trinajstić information content (AvgIpc) is 3.00. The second-order valence-corrected chi connectivity index (χ2v) is 6.21. The van der Waals surface area contributed by atoms with Crippen molar-refractivity contribution in [3.8, 4) is 17.3 Å². The highest BCUT2D eigenvalue weighted by molar-refractivity contribution is 6.29. The van der Waals surface area contributed by atoms with Gasteiger partial charge in [-0.15, -0.1) is 0 Å². The van der Waals surface area contributed by atoms with Crippen LogP contribution in [0.15, 0.2) is 53.8 Å². The molecule has 2 aliphatic heterocycles. The molecule has 2 aromatic heterocycles. The Labute approximate surface area is 160 Å². The number of hydrogen-bond acceptors (Lipinski definition) is 5. The highest BCUT2D eigenvalue weighted by atomic mass is 35.5. The number of nitrogens with zero attached hydrogens (tertiary/aromatic N) is 6. The second kappa shape index (κ2) is 6.71. The first-order chi connectivity index (χ1) is 13.3. The van der Waals surface area contributed by atoms with Crippen molar-refractivity contribution in [1.29, 1.82) is 0 Å². The number of pyridine rings is 2. The molecule has 11 heteroatoms. The van der Waals surface area contributed by atoms with Crippen molar-refractivity contribution in [2.24, 2.45) is 0 Å². The maximum atomic E-state index is 12.7. The van der Waals surface area contributed by atoms with Crippen molar-refractivity contribution < 1.29 is 13.2 Å². The highest BCUT2D eigenvalue weighted by Gasteiger charge is 2.33. The Morgan fingerprint density at radius 3 is 2.50 bits per heavy atom. The zero-order valence-electron chi connectivity index (χ0n) is 13.9. The number of hydrogen-bond donors (Lipinski definition) is 0. The number of aromatic nitrogens is 6. The number of alkyl halides is 3. The highest BCUT2D eigenvalue weighted by Crippen LogP contribution is 2.27. The Morgan fingerprint density at radius 2 is 1.86 bits per heavy atom. The van der Waals surface area contributed by atoms with Crippen LogP contribution in [0.1, 0.15) is 11.3 Å². The van der Waals surface area contributed by atoms with Gasteiger partial charge in [-0.2, -0.15) is 18.2 Å². The van der Waals surface area contributed by atoms with Crippen LogP contribution < -0.4 is 5.69 Å². The van der Waals surface area contributed by atoms with E-state index in [1.165, 1.54) is 0 Å². The quantitative estimate of drug-likeness (QED) is 0.489. The fraction of sp³-hybridized carbons (Fsp3) is 0.118. The van der Waals surface area contributed by atoms with E-state index in [-0.39, 0.29) is 5.82 Å². The molecule has 28 heavy (non-hydrogen) atoms. The van der Waals surface area contributed by atoms with E-state index in [9.17, 15) is 18.0 Å². The second-order valence-electron chi connectivity index (χ2n) is 5.82. The van der Waals surface area contributed by atoms with Gasteiger partial charge >= 0.3 is 11.9 Å². The molecule has 4 rings (SSSR count). The third-order valence-corrected chi connectivity index (χ3v) is 4.18. The molecule has 0 saturated carbocycles. The van der Waals surface area contributed by atoms with Crippen molar-refractivity contribution in [3.05, 3.63) is 75.9 Å². The normalized spacial score (nSPS) is 11.9. The van der Waals surface area contributed by atoms with Crippen LogP contribution in [0, 0.1) is 0 Å². The molecule has 2 aliphatic rings. The van der Waals surface area contributed by atoms with Crippen LogP contribution >= 0.6 is 11.6 Å². The molecule has 0 saturated heterocycles. The molecule has 0 amide bonds. The van der Waals surface area contributed by atoms with E-state index in [1.54, 1.807) is 41.2 Å². The van der Waals surface area contributed by atoms with E-state index in [1.807, 2.05) is 0 Å². The van der Waals surface area contributed by atoms with Gasteiger partial charge < -0.3 is 4.57 Å². The molecule has 4 heterocycles. The number of halogens is 4. The molecule has 0 radical (unpaired) electrons. The summed E-state index contributed by atoms with van der Waals surface area (Å²) in [4.78, 5) is 27.5. The molecule has 0 aromatic carbocycles. The van der Waals surface area contributed by atoms with E-state index >= 15 is 0 Å². The monoisotopic (exact) mass is 406 g/mol. The van der Waals surface area contributed by atoms with Gasteiger partial charge in [0, 0.05) is 12.4 Å². The lowest BCUT2D eigenvalue weighted by molar-refractivity contribution is -0.141. The summed E-state index contributed by atoms with van der Waals surface area (Å²) < 4.78 is 40.9. The smallest absolute Gasteiger partial charge is 0.327 e. The first-order valence-corrected chi connectivity index (χ1v) is 8.29. The van der Waals surface area contributed by atoms with Crippen LogP contribution in [-0.2, 0) is 12.7 Å². The summed E-state index contributed by atoms with van der Waals surface area (Å²) in [6.07, 6.45) is 0.192. The zero-order valence-corrected chi connectivity index (χ0v) is 14.7. The average molecular weight is 407 g/mol. The molecule has 142 valence electrons. The molecule has 7 nitrogen and oxygen atoms in total. The minimum atomic E-state index is -4.61. The summed E-state index contributed by atoms with van der Waals surface area (Å²) in [5, 5.41) is 0.360. The van der Waals surface area contributed by atoms with E-state index in [0.29, 0.717) is 29.4 Å². The van der Waals surface area contributed by atoms with Crippen LogP contribution in [0.2, 0.25) is 5.15 Å². The Balaban J connectivity index is 1.73. The van der Waals surface area contributed by atoms with Gasteiger partial charge in [-0.25, -0.2) is 24.3 Å². The minimum Gasteiger partial charge on any atom is -0.327 e. The molecule has 2 aromatic rings. The zero-order chi connectivity index (χ0) is 19.9. The first-order valence-electron chi connectivity index (χ1n) is 7.91. The summed E-state index contributed by atoms with van der Waals surface area (Å²) in [6, 6.07) is 6.76. The molecular weight excluding hydrogens is 397 g/mol. The Bertz CT molecular complexity index is 1150. The predicted molar refractivity (Wildman–Crippen MR) is 93.4 cm³/mol. The minimum absolute atomic E-state index is 0.0496. The lowest BCUT2D eigenvalue weighted by Gasteiger charge is -2.12. The largest absolute Gasteiger partial charge is 0.434 e. The maximum absolute atomic E-state index is 12.7. The van der Waals surface area contributed by atoms with Gasteiger partial charge in [0.25, 0.3) is 0 Å². The Hall–Kier alpha value is -3.27. The molecule has 0 spiro atoms. The fourth-order valence-corrected chi connectivity index (χ4v) is 2.81. The van der Waals surface area contributed by atoms with Crippen LogP contribution in [0.4, 0.5) is 13.2 Å². The summed E-state index contributed by atoms with van der Waals surface area (Å²) in [5.41, 5.74) is -0.585. The third-order valence-electron chi connectivity index (χ3n) is 3.95. The first kappa shape index (κ1) is 18.1. The van der Waals surface area contributed by atoms with Gasteiger partial charge in [0.05, 0.1) is 24.6 Å². The lowest BCUT2D eigenvalue weighted by Crippen LogP contribution is -2.17.